The largest absolute Gasteiger partial charge is 0.508 e. The molecule has 0 fully saturated rings. The molecular weight excluding hydrogens is 260 g/mol. The molecule has 0 saturated heterocycles. The van der Waals surface area contributed by atoms with Gasteiger partial charge in [0, 0.05) is 5.69 Å². The lowest BCUT2D eigenvalue weighted by Crippen LogP contribution is -2.24. The predicted octanol–water partition coefficient (Wildman–Crippen LogP) is 0.548. The fourth-order valence-electron chi connectivity index (χ4n) is 1.52. The van der Waals surface area contributed by atoms with Crippen LogP contribution in [0.1, 0.15) is 21.7 Å². The molecule has 0 atom stereocenters. The van der Waals surface area contributed by atoms with Gasteiger partial charge in [0.2, 0.25) is 0 Å². The average molecular weight is 272 g/mol. The van der Waals surface area contributed by atoms with Gasteiger partial charge in [-0.1, -0.05) is 12.1 Å². The molecule has 3 N–H and O–H groups in total. The van der Waals surface area contributed by atoms with E-state index in [1.54, 1.807) is 19.1 Å². The maximum Gasteiger partial charge on any atom is 0.345 e. The average Bonchev–Trinajstić information content (AvgIpc) is 2.37. The summed E-state index contributed by atoms with van der Waals surface area (Å²) in [5.74, 6) is -0.484. The second-order valence-electron chi connectivity index (χ2n) is 4.05. The van der Waals surface area contributed by atoms with Gasteiger partial charge in [-0.25, -0.2) is 10.2 Å². The number of phenols is 1. The van der Waals surface area contributed by atoms with E-state index in [4.69, 9.17) is 0 Å². The van der Waals surface area contributed by atoms with Crippen molar-refractivity contribution in [2.75, 3.05) is 0 Å². The summed E-state index contributed by atoms with van der Waals surface area (Å²) >= 11 is 0. The Bertz CT molecular complexity index is 722. The molecule has 0 unspecified atom stereocenters. The maximum atomic E-state index is 11.7. The van der Waals surface area contributed by atoms with E-state index in [9.17, 15) is 14.7 Å². The van der Waals surface area contributed by atoms with E-state index in [-0.39, 0.29) is 11.4 Å². The summed E-state index contributed by atoms with van der Waals surface area (Å²) in [7, 11) is 0. The number of carbonyl (C=O) groups excluding carboxylic acids is 1. The predicted molar refractivity (Wildman–Crippen MR) is 72.8 cm³/mol. The van der Waals surface area contributed by atoms with Crippen molar-refractivity contribution in [1.82, 2.24) is 15.4 Å². The summed E-state index contributed by atoms with van der Waals surface area (Å²) in [6, 6.07) is 7.83. The van der Waals surface area contributed by atoms with Gasteiger partial charge in [0.05, 0.1) is 6.21 Å². The molecule has 2 aromatic rings. The summed E-state index contributed by atoms with van der Waals surface area (Å²) in [6.45, 7) is 1.65. The number of amides is 1. The summed E-state index contributed by atoms with van der Waals surface area (Å²) < 4.78 is 0. The normalized spacial score (nSPS) is 10.7. The van der Waals surface area contributed by atoms with E-state index >= 15 is 0 Å². The molecule has 0 aliphatic heterocycles. The highest BCUT2D eigenvalue weighted by Gasteiger charge is 2.07. The lowest BCUT2D eigenvalue weighted by Gasteiger charge is -1.99. The smallest absolute Gasteiger partial charge is 0.345 e. The fourth-order valence-corrected chi connectivity index (χ4v) is 1.52. The molecule has 1 amide bonds. The second kappa shape index (κ2) is 5.79. The molecular formula is C13H12N4O3. The molecule has 2 rings (SSSR count). The third-order valence-corrected chi connectivity index (χ3v) is 2.36. The number of rotatable bonds is 3. The van der Waals surface area contributed by atoms with Crippen LogP contribution < -0.4 is 11.1 Å². The Labute approximate surface area is 114 Å². The Kier molecular flexibility index (Phi) is 3.90. The molecule has 0 aliphatic rings. The molecule has 7 nitrogen and oxygen atoms in total. The van der Waals surface area contributed by atoms with Crippen LogP contribution in [0, 0.1) is 6.92 Å². The molecule has 7 heteroatoms. The molecule has 0 aliphatic carbocycles. The molecule has 0 bridgehead atoms. The highest BCUT2D eigenvalue weighted by atomic mass is 16.3. The van der Waals surface area contributed by atoms with Gasteiger partial charge in [0.15, 0.2) is 0 Å². The minimum atomic E-state index is -0.591. The summed E-state index contributed by atoms with van der Waals surface area (Å²) in [4.78, 5) is 28.8. The lowest BCUT2D eigenvalue weighted by atomic mass is 10.2. The quantitative estimate of drug-likeness (QED) is 0.560. The number of benzene rings is 1. The van der Waals surface area contributed by atoms with E-state index in [2.05, 4.69) is 20.5 Å². The van der Waals surface area contributed by atoms with Gasteiger partial charge in [-0.3, -0.25) is 4.79 Å². The number of aromatic nitrogens is 2. The zero-order valence-corrected chi connectivity index (χ0v) is 10.6. The molecule has 0 radical (unpaired) electrons. The number of aryl methyl sites for hydroxylation is 1. The van der Waals surface area contributed by atoms with Crippen molar-refractivity contribution in [2.45, 2.75) is 6.92 Å². The summed E-state index contributed by atoms with van der Waals surface area (Å²) in [5.41, 5.74) is 2.81. The van der Waals surface area contributed by atoms with Gasteiger partial charge < -0.3 is 10.1 Å². The number of nitrogens with zero attached hydrogens (tertiary/aromatic N) is 2. The van der Waals surface area contributed by atoms with Crippen molar-refractivity contribution in [3.8, 4) is 5.75 Å². The van der Waals surface area contributed by atoms with Crippen molar-refractivity contribution < 1.29 is 9.90 Å². The summed E-state index contributed by atoms with van der Waals surface area (Å²) in [6.07, 6.45) is 1.37. The topological polar surface area (TPSA) is 107 Å². The molecule has 0 saturated carbocycles. The zero-order chi connectivity index (χ0) is 14.5. The van der Waals surface area contributed by atoms with E-state index in [0.717, 1.165) is 0 Å². The molecule has 0 spiro atoms. The molecule has 1 heterocycles. The van der Waals surface area contributed by atoms with Crippen LogP contribution in [0.5, 0.6) is 5.75 Å². The van der Waals surface area contributed by atoms with Crippen LogP contribution in [0.25, 0.3) is 0 Å². The number of phenolic OH excluding ortho intramolecular Hbond substituents is 1. The number of carbonyl (C=O) groups is 1. The Hall–Kier alpha value is -2.96. The Balaban J connectivity index is 2.07. The first-order valence-electron chi connectivity index (χ1n) is 5.75. The fraction of sp³-hybridized carbons (Fsp3) is 0.0769. The van der Waals surface area contributed by atoms with Crippen LogP contribution in [0.4, 0.5) is 0 Å². The van der Waals surface area contributed by atoms with Crippen LogP contribution in [0.15, 0.2) is 40.2 Å². The van der Waals surface area contributed by atoms with Crippen LogP contribution in [-0.2, 0) is 0 Å². The first-order chi connectivity index (χ1) is 9.54. The van der Waals surface area contributed by atoms with Crippen molar-refractivity contribution in [3.63, 3.8) is 0 Å². The highest BCUT2D eigenvalue weighted by molar-refractivity contribution is 5.93. The van der Waals surface area contributed by atoms with Crippen LogP contribution in [-0.4, -0.2) is 27.2 Å². The standard InChI is InChI=1S/C13H12N4O3/c1-8-5-11(16-13(20)15-8)12(19)17-14-7-9-3-2-4-10(18)6-9/h2-7,18H,1H3,(H,17,19)(H,15,16,20)/b14-7+. The number of aromatic hydroxyl groups is 1. The monoisotopic (exact) mass is 272 g/mol. The van der Waals surface area contributed by atoms with Gasteiger partial charge in [0.1, 0.15) is 11.4 Å². The van der Waals surface area contributed by atoms with E-state index in [1.165, 1.54) is 24.4 Å². The third kappa shape index (κ3) is 3.52. The van der Waals surface area contributed by atoms with Crippen molar-refractivity contribution in [1.29, 1.82) is 0 Å². The van der Waals surface area contributed by atoms with Crippen molar-refractivity contribution in [2.24, 2.45) is 5.10 Å². The Morgan fingerprint density at radius 2 is 2.25 bits per heavy atom. The second-order valence-corrected chi connectivity index (χ2v) is 4.05. The van der Waals surface area contributed by atoms with Gasteiger partial charge >= 0.3 is 5.69 Å². The van der Waals surface area contributed by atoms with Crippen LogP contribution in [0.3, 0.4) is 0 Å². The van der Waals surface area contributed by atoms with E-state index in [0.29, 0.717) is 11.3 Å². The van der Waals surface area contributed by atoms with Crippen molar-refractivity contribution in [3.05, 3.63) is 57.8 Å². The van der Waals surface area contributed by atoms with Crippen LogP contribution >= 0.6 is 0 Å². The number of aromatic amines is 1. The minimum Gasteiger partial charge on any atom is -0.508 e. The third-order valence-electron chi connectivity index (χ3n) is 2.36. The Morgan fingerprint density at radius 1 is 1.45 bits per heavy atom. The number of H-pyrrole nitrogens is 1. The highest BCUT2D eigenvalue weighted by Crippen LogP contribution is 2.08. The first-order valence-corrected chi connectivity index (χ1v) is 5.75. The SMILES string of the molecule is Cc1cc(C(=O)N/N=C/c2cccc(O)c2)nc(=O)[nH]1. The molecule has 102 valence electrons. The van der Waals surface area contributed by atoms with E-state index in [1.807, 2.05) is 0 Å². The number of hydrogen-bond donors (Lipinski definition) is 3. The molecule has 1 aromatic carbocycles. The zero-order valence-electron chi connectivity index (χ0n) is 10.6. The lowest BCUT2D eigenvalue weighted by molar-refractivity contribution is 0.0949. The van der Waals surface area contributed by atoms with Gasteiger partial charge in [0.25, 0.3) is 5.91 Å². The van der Waals surface area contributed by atoms with Crippen LogP contribution in [0.2, 0.25) is 0 Å². The number of nitrogens with one attached hydrogen (secondary N) is 2. The molecule has 1 aromatic heterocycles. The number of hydrazone groups is 1. The summed E-state index contributed by atoms with van der Waals surface area (Å²) in [5, 5.41) is 13.0. The van der Waals surface area contributed by atoms with Crippen molar-refractivity contribution >= 4 is 12.1 Å². The van der Waals surface area contributed by atoms with Gasteiger partial charge in [-0.15, -0.1) is 0 Å². The maximum absolute atomic E-state index is 11.7. The minimum absolute atomic E-state index is 0.0145. The van der Waals surface area contributed by atoms with Gasteiger partial charge in [-0.05, 0) is 30.7 Å². The Morgan fingerprint density at radius 3 is 2.95 bits per heavy atom. The van der Waals surface area contributed by atoms with Gasteiger partial charge in [-0.2, -0.15) is 10.1 Å². The molecule has 20 heavy (non-hydrogen) atoms. The number of hydrogen-bond acceptors (Lipinski definition) is 5. The first kappa shape index (κ1) is 13.5. The van der Waals surface area contributed by atoms with E-state index < -0.39 is 11.6 Å².